The zero-order valence-electron chi connectivity index (χ0n) is 12.0. The van der Waals surface area contributed by atoms with Gasteiger partial charge in [-0.3, -0.25) is 30.3 Å². The van der Waals surface area contributed by atoms with Gasteiger partial charge in [0.25, 0.3) is 17.3 Å². The molecule has 0 spiro atoms. The highest BCUT2D eigenvalue weighted by molar-refractivity contribution is 7.15. The van der Waals surface area contributed by atoms with Gasteiger partial charge in [0.1, 0.15) is 10.6 Å². The minimum absolute atomic E-state index is 0.131. The molecule has 0 aliphatic rings. The van der Waals surface area contributed by atoms with Crippen LogP contribution in [-0.2, 0) is 0 Å². The van der Waals surface area contributed by atoms with Gasteiger partial charge in [0, 0.05) is 12.0 Å². The smallest absolute Gasteiger partial charge is 0.289 e. The predicted molar refractivity (Wildman–Crippen MR) is 81.7 cm³/mol. The Labute approximate surface area is 133 Å². The molecular formula is C12H11N5O5S. The molecule has 0 saturated carbocycles. The number of aromatic nitrogens is 2. The fraction of sp³-hybridized carbons (Fsp3) is 0.250. The van der Waals surface area contributed by atoms with Crippen molar-refractivity contribution >= 4 is 33.8 Å². The SMILES string of the molecule is CC(C)c1nnc(NC(=O)c2ccc([N+](=O)[O-])cc2[N+](=O)[O-])s1. The third-order valence-corrected chi connectivity index (χ3v) is 3.93. The van der Waals surface area contributed by atoms with Gasteiger partial charge < -0.3 is 0 Å². The van der Waals surface area contributed by atoms with Crippen molar-refractivity contribution in [2.75, 3.05) is 5.32 Å². The van der Waals surface area contributed by atoms with Gasteiger partial charge >= 0.3 is 0 Å². The van der Waals surface area contributed by atoms with Gasteiger partial charge in [0.2, 0.25) is 5.13 Å². The van der Waals surface area contributed by atoms with Crippen LogP contribution < -0.4 is 5.32 Å². The highest BCUT2D eigenvalue weighted by atomic mass is 32.1. The first-order valence-corrected chi connectivity index (χ1v) is 7.19. The summed E-state index contributed by atoms with van der Waals surface area (Å²) in [7, 11) is 0. The number of hydrogen-bond acceptors (Lipinski definition) is 8. The van der Waals surface area contributed by atoms with E-state index in [1.807, 2.05) is 13.8 Å². The fourth-order valence-corrected chi connectivity index (χ4v) is 2.40. The second-order valence-electron chi connectivity index (χ2n) is 4.77. The van der Waals surface area contributed by atoms with Crippen LogP contribution in [0.1, 0.15) is 35.1 Å². The number of nitro groups is 2. The van der Waals surface area contributed by atoms with Crippen molar-refractivity contribution in [1.29, 1.82) is 0 Å². The van der Waals surface area contributed by atoms with Crippen molar-refractivity contribution < 1.29 is 14.6 Å². The number of carbonyl (C=O) groups excluding carboxylic acids is 1. The fourth-order valence-electron chi connectivity index (χ4n) is 1.66. The molecule has 23 heavy (non-hydrogen) atoms. The first kappa shape index (κ1) is 16.4. The summed E-state index contributed by atoms with van der Waals surface area (Å²) in [6.45, 7) is 3.82. The molecule has 0 fully saturated rings. The molecule has 0 radical (unpaired) electrons. The molecular weight excluding hydrogens is 326 g/mol. The van der Waals surface area contributed by atoms with Crippen molar-refractivity contribution in [2.45, 2.75) is 19.8 Å². The molecule has 10 nitrogen and oxygen atoms in total. The van der Waals surface area contributed by atoms with Crippen LogP contribution in [0.25, 0.3) is 0 Å². The van der Waals surface area contributed by atoms with Crippen LogP contribution in [0.2, 0.25) is 0 Å². The Bertz CT molecular complexity index is 788. The largest absolute Gasteiger partial charge is 0.296 e. The van der Waals surface area contributed by atoms with E-state index in [4.69, 9.17) is 0 Å². The highest BCUT2D eigenvalue weighted by Crippen LogP contribution is 2.27. The molecule has 0 saturated heterocycles. The molecule has 2 rings (SSSR count). The summed E-state index contributed by atoms with van der Waals surface area (Å²) in [4.78, 5) is 32.2. The van der Waals surface area contributed by atoms with Crippen LogP contribution in [0.5, 0.6) is 0 Å². The molecule has 0 aliphatic heterocycles. The van der Waals surface area contributed by atoms with Crippen molar-refractivity contribution in [3.63, 3.8) is 0 Å². The average molecular weight is 337 g/mol. The van der Waals surface area contributed by atoms with Gasteiger partial charge in [-0.25, -0.2) is 0 Å². The highest BCUT2D eigenvalue weighted by Gasteiger charge is 2.24. The van der Waals surface area contributed by atoms with Crippen LogP contribution in [0.15, 0.2) is 18.2 Å². The molecule has 1 amide bonds. The number of nitrogens with zero attached hydrogens (tertiary/aromatic N) is 4. The van der Waals surface area contributed by atoms with Gasteiger partial charge in [-0.1, -0.05) is 25.2 Å². The Morgan fingerprint density at radius 2 is 1.91 bits per heavy atom. The third kappa shape index (κ3) is 3.63. The number of hydrogen-bond donors (Lipinski definition) is 1. The van der Waals surface area contributed by atoms with Crippen LogP contribution >= 0.6 is 11.3 Å². The number of nitro benzene ring substituents is 2. The van der Waals surface area contributed by atoms with Gasteiger partial charge in [-0.15, -0.1) is 10.2 Å². The van der Waals surface area contributed by atoms with E-state index in [9.17, 15) is 25.0 Å². The third-order valence-electron chi connectivity index (χ3n) is 2.79. The van der Waals surface area contributed by atoms with E-state index < -0.39 is 27.1 Å². The van der Waals surface area contributed by atoms with E-state index in [2.05, 4.69) is 15.5 Å². The van der Waals surface area contributed by atoms with Crippen molar-refractivity contribution in [2.24, 2.45) is 0 Å². The summed E-state index contributed by atoms with van der Waals surface area (Å²) in [5, 5.41) is 32.7. The number of non-ortho nitro benzene ring substituents is 1. The number of benzene rings is 1. The second kappa shape index (κ2) is 6.44. The Kier molecular flexibility index (Phi) is 4.60. The monoisotopic (exact) mass is 337 g/mol. The quantitative estimate of drug-likeness (QED) is 0.653. The molecule has 0 bridgehead atoms. The Morgan fingerprint density at radius 3 is 2.43 bits per heavy atom. The molecule has 1 heterocycles. The van der Waals surface area contributed by atoms with Crippen molar-refractivity contribution in [3.05, 3.63) is 49.0 Å². The Balaban J connectivity index is 2.30. The first-order chi connectivity index (χ1) is 10.8. The molecule has 11 heteroatoms. The maximum Gasteiger partial charge on any atom is 0.289 e. The van der Waals surface area contributed by atoms with E-state index in [1.54, 1.807) is 0 Å². The molecule has 1 aromatic heterocycles. The zero-order chi connectivity index (χ0) is 17.1. The van der Waals surface area contributed by atoms with Gasteiger partial charge in [0.05, 0.1) is 15.9 Å². The lowest BCUT2D eigenvalue weighted by molar-refractivity contribution is -0.394. The lowest BCUT2D eigenvalue weighted by Gasteiger charge is -2.02. The lowest BCUT2D eigenvalue weighted by Crippen LogP contribution is -2.14. The number of nitrogens with one attached hydrogen (secondary N) is 1. The van der Waals surface area contributed by atoms with Gasteiger partial charge in [0.15, 0.2) is 0 Å². The lowest BCUT2D eigenvalue weighted by atomic mass is 10.1. The summed E-state index contributed by atoms with van der Waals surface area (Å²) in [6.07, 6.45) is 0. The topological polar surface area (TPSA) is 141 Å². The number of anilines is 1. The number of rotatable bonds is 5. The van der Waals surface area contributed by atoms with E-state index in [1.165, 1.54) is 0 Å². The summed E-state index contributed by atoms with van der Waals surface area (Å²) < 4.78 is 0. The molecule has 120 valence electrons. The van der Waals surface area contributed by atoms with E-state index >= 15 is 0 Å². The molecule has 0 atom stereocenters. The van der Waals surface area contributed by atoms with E-state index in [0.29, 0.717) is 5.01 Å². The summed E-state index contributed by atoms with van der Waals surface area (Å²) in [5.74, 6) is -0.648. The first-order valence-electron chi connectivity index (χ1n) is 6.37. The van der Waals surface area contributed by atoms with Gasteiger partial charge in [-0.2, -0.15) is 0 Å². The van der Waals surface area contributed by atoms with Crippen molar-refractivity contribution in [3.8, 4) is 0 Å². The Hall–Kier alpha value is -2.95. The Morgan fingerprint density at radius 1 is 1.22 bits per heavy atom. The normalized spacial score (nSPS) is 10.6. The van der Waals surface area contributed by atoms with Crippen LogP contribution in [0, 0.1) is 20.2 Å². The summed E-state index contributed by atoms with van der Waals surface area (Å²) in [6, 6.07) is 2.81. The molecule has 1 aromatic carbocycles. The van der Waals surface area contributed by atoms with Crippen molar-refractivity contribution in [1.82, 2.24) is 10.2 Å². The molecule has 0 unspecified atom stereocenters. The molecule has 0 aliphatic carbocycles. The maximum absolute atomic E-state index is 12.2. The molecule has 1 N–H and O–H groups in total. The zero-order valence-corrected chi connectivity index (χ0v) is 12.9. The maximum atomic E-state index is 12.2. The number of carbonyl (C=O) groups is 1. The van der Waals surface area contributed by atoms with E-state index in [0.717, 1.165) is 29.5 Å². The van der Waals surface area contributed by atoms with Crippen LogP contribution in [0.3, 0.4) is 0 Å². The minimum atomic E-state index is -0.846. The average Bonchev–Trinajstić information content (AvgIpc) is 2.95. The van der Waals surface area contributed by atoms with Gasteiger partial charge in [-0.05, 0) is 6.07 Å². The molecule has 2 aromatic rings. The summed E-state index contributed by atoms with van der Waals surface area (Å²) >= 11 is 1.15. The second-order valence-corrected chi connectivity index (χ2v) is 5.78. The predicted octanol–water partition coefficient (Wildman–Crippen LogP) is 2.73. The standard InChI is InChI=1S/C12H11N5O5S/c1-6(2)11-14-15-12(23-11)13-10(18)8-4-3-7(16(19)20)5-9(8)17(21)22/h3-6H,1-2H3,(H,13,15,18). The minimum Gasteiger partial charge on any atom is -0.296 e. The number of amides is 1. The summed E-state index contributed by atoms with van der Waals surface area (Å²) in [5.41, 5.74) is -1.40. The van der Waals surface area contributed by atoms with Crippen LogP contribution in [0.4, 0.5) is 16.5 Å². The van der Waals surface area contributed by atoms with Crippen LogP contribution in [-0.4, -0.2) is 26.0 Å². The van der Waals surface area contributed by atoms with E-state index in [-0.39, 0.29) is 16.6 Å².